The van der Waals surface area contributed by atoms with E-state index in [9.17, 15) is 5.11 Å². The van der Waals surface area contributed by atoms with Crippen molar-refractivity contribution >= 4 is 6.08 Å². The van der Waals surface area contributed by atoms with Crippen molar-refractivity contribution in [3.63, 3.8) is 0 Å². The molecule has 0 bridgehead atoms. The first-order valence-corrected chi connectivity index (χ1v) is 6.31. The number of hydrogen-bond donors (Lipinski definition) is 1. The van der Waals surface area contributed by atoms with E-state index in [-0.39, 0.29) is 5.75 Å². The molecule has 2 aromatic rings. The second-order valence-electron chi connectivity index (χ2n) is 4.35. The molecule has 0 heterocycles. The molecule has 0 aliphatic carbocycles. The molecular weight excluding hydrogens is 236 g/mol. The van der Waals surface area contributed by atoms with E-state index >= 15 is 0 Å². The van der Waals surface area contributed by atoms with Gasteiger partial charge in [-0.1, -0.05) is 48.6 Å². The fourth-order valence-electron chi connectivity index (χ4n) is 2.18. The standard InChI is InChI=1S/C17H18O2/c1-3-7-14-10-11-16(18)17(19-2)15(14)12-13-8-5-4-6-9-13/h3-11,18H,12H2,1-2H3. The molecule has 2 aromatic carbocycles. The summed E-state index contributed by atoms with van der Waals surface area (Å²) < 4.78 is 5.35. The van der Waals surface area contributed by atoms with Crippen LogP contribution in [0, 0.1) is 0 Å². The third-order valence-electron chi connectivity index (χ3n) is 3.05. The van der Waals surface area contributed by atoms with Crippen LogP contribution in [0.5, 0.6) is 11.5 Å². The molecule has 0 saturated heterocycles. The molecule has 19 heavy (non-hydrogen) atoms. The smallest absolute Gasteiger partial charge is 0.164 e. The molecule has 0 radical (unpaired) electrons. The summed E-state index contributed by atoms with van der Waals surface area (Å²) in [6.07, 6.45) is 4.75. The highest BCUT2D eigenvalue weighted by Crippen LogP contribution is 2.34. The van der Waals surface area contributed by atoms with Crippen LogP contribution in [0.1, 0.15) is 23.6 Å². The van der Waals surface area contributed by atoms with Crippen LogP contribution in [-0.2, 0) is 6.42 Å². The third kappa shape index (κ3) is 2.97. The fourth-order valence-corrected chi connectivity index (χ4v) is 2.18. The van der Waals surface area contributed by atoms with Crippen molar-refractivity contribution in [2.75, 3.05) is 7.11 Å². The van der Waals surface area contributed by atoms with E-state index in [1.165, 1.54) is 5.56 Å². The second-order valence-corrected chi connectivity index (χ2v) is 4.35. The lowest BCUT2D eigenvalue weighted by atomic mass is 9.98. The Hall–Kier alpha value is -2.22. The molecule has 1 N–H and O–H groups in total. The minimum Gasteiger partial charge on any atom is -0.504 e. The van der Waals surface area contributed by atoms with Gasteiger partial charge < -0.3 is 9.84 Å². The number of rotatable bonds is 4. The second kappa shape index (κ2) is 6.10. The number of ether oxygens (including phenoxy) is 1. The first-order valence-electron chi connectivity index (χ1n) is 6.31. The lowest BCUT2D eigenvalue weighted by molar-refractivity contribution is 0.370. The van der Waals surface area contributed by atoms with Crippen molar-refractivity contribution in [3.05, 3.63) is 65.2 Å². The Kier molecular flexibility index (Phi) is 4.24. The van der Waals surface area contributed by atoms with E-state index in [0.29, 0.717) is 5.75 Å². The minimum atomic E-state index is 0.182. The first kappa shape index (κ1) is 13.2. The predicted octanol–water partition coefficient (Wildman–Crippen LogP) is 4.02. The monoisotopic (exact) mass is 254 g/mol. The van der Waals surface area contributed by atoms with E-state index in [1.54, 1.807) is 13.2 Å². The highest BCUT2D eigenvalue weighted by molar-refractivity contribution is 5.62. The maximum atomic E-state index is 9.91. The van der Waals surface area contributed by atoms with Crippen LogP contribution in [-0.4, -0.2) is 12.2 Å². The Bertz CT molecular complexity index is 571. The van der Waals surface area contributed by atoms with Gasteiger partial charge in [0.2, 0.25) is 0 Å². The molecule has 0 fully saturated rings. The van der Waals surface area contributed by atoms with Crippen LogP contribution in [0.4, 0.5) is 0 Å². The van der Waals surface area contributed by atoms with Gasteiger partial charge in [-0.25, -0.2) is 0 Å². The van der Waals surface area contributed by atoms with Crippen LogP contribution < -0.4 is 4.74 Å². The maximum absolute atomic E-state index is 9.91. The third-order valence-corrected chi connectivity index (χ3v) is 3.05. The molecule has 0 saturated carbocycles. The van der Waals surface area contributed by atoms with Crippen molar-refractivity contribution in [1.82, 2.24) is 0 Å². The highest BCUT2D eigenvalue weighted by atomic mass is 16.5. The summed E-state index contributed by atoms with van der Waals surface area (Å²) >= 11 is 0. The van der Waals surface area contributed by atoms with Crippen molar-refractivity contribution < 1.29 is 9.84 Å². The zero-order valence-electron chi connectivity index (χ0n) is 11.3. The van der Waals surface area contributed by atoms with E-state index in [0.717, 1.165) is 17.5 Å². The number of phenols is 1. The van der Waals surface area contributed by atoms with Gasteiger partial charge in [-0.2, -0.15) is 0 Å². The summed E-state index contributed by atoms with van der Waals surface area (Å²) in [4.78, 5) is 0. The molecule has 0 atom stereocenters. The Balaban J connectivity index is 2.49. The summed E-state index contributed by atoms with van der Waals surface area (Å²) in [5, 5.41) is 9.91. The lowest BCUT2D eigenvalue weighted by Crippen LogP contribution is -1.97. The van der Waals surface area contributed by atoms with Gasteiger partial charge in [0.1, 0.15) is 0 Å². The predicted molar refractivity (Wildman–Crippen MR) is 78.6 cm³/mol. The fraction of sp³-hybridized carbons (Fsp3) is 0.176. The van der Waals surface area contributed by atoms with Crippen LogP contribution in [0.15, 0.2) is 48.5 Å². The summed E-state index contributed by atoms with van der Waals surface area (Å²) in [5.41, 5.74) is 3.27. The zero-order chi connectivity index (χ0) is 13.7. The molecule has 0 aliphatic heterocycles. The Morgan fingerprint density at radius 2 is 1.84 bits per heavy atom. The molecule has 2 rings (SSSR count). The molecule has 0 amide bonds. The Labute approximate surface area is 114 Å². The Morgan fingerprint density at radius 3 is 2.47 bits per heavy atom. The van der Waals surface area contributed by atoms with E-state index in [1.807, 2.05) is 43.3 Å². The van der Waals surface area contributed by atoms with E-state index in [2.05, 4.69) is 12.1 Å². The minimum absolute atomic E-state index is 0.182. The number of allylic oxidation sites excluding steroid dienone is 1. The summed E-state index contributed by atoms with van der Waals surface area (Å²) in [5.74, 6) is 0.737. The molecule has 0 spiro atoms. The van der Waals surface area contributed by atoms with Gasteiger partial charge in [-0.15, -0.1) is 0 Å². The average Bonchev–Trinajstić information content (AvgIpc) is 2.43. The molecule has 98 valence electrons. The van der Waals surface area contributed by atoms with Gasteiger partial charge in [0, 0.05) is 12.0 Å². The number of hydrogen-bond acceptors (Lipinski definition) is 2. The van der Waals surface area contributed by atoms with Gasteiger partial charge in [-0.05, 0) is 24.1 Å². The van der Waals surface area contributed by atoms with Gasteiger partial charge >= 0.3 is 0 Å². The Morgan fingerprint density at radius 1 is 1.11 bits per heavy atom. The lowest BCUT2D eigenvalue weighted by Gasteiger charge is -2.13. The summed E-state index contributed by atoms with van der Waals surface area (Å²) in [7, 11) is 1.59. The summed E-state index contributed by atoms with van der Waals surface area (Å²) in [6.45, 7) is 1.98. The van der Waals surface area contributed by atoms with Crippen LogP contribution >= 0.6 is 0 Å². The van der Waals surface area contributed by atoms with Crippen molar-refractivity contribution in [1.29, 1.82) is 0 Å². The van der Waals surface area contributed by atoms with Crippen LogP contribution in [0.25, 0.3) is 6.08 Å². The topological polar surface area (TPSA) is 29.5 Å². The molecule has 0 unspecified atom stereocenters. The van der Waals surface area contributed by atoms with E-state index < -0.39 is 0 Å². The van der Waals surface area contributed by atoms with Crippen LogP contribution in [0.3, 0.4) is 0 Å². The number of benzene rings is 2. The number of aromatic hydroxyl groups is 1. The van der Waals surface area contributed by atoms with Gasteiger partial charge in [-0.3, -0.25) is 0 Å². The average molecular weight is 254 g/mol. The van der Waals surface area contributed by atoms with Gasteiger partial charge in [0.05, 0.1) is 7.11 Å². The number of methoxy groups -OCH3 is 1. The molecular formula is C17H18O2. The molecule has 2 nitrogen and oxygen atoms in total. The largest absolute Gasteiger partial charge is 0.504 e. The molecule has 2 heteroatoms. The maximum Gasteiger partial charge on any atom is 0.164 e. The quantitative estimate of drug-likeness (QED) is 0.892. The molecule has 0 aromatic heterocycles. The van der Waals surface area contributed by atoms with E-state index in [4.69, 9.17) is 4.74 Å². The van der Waals surface area contributed by atoms with Crippen molar-refractivity contribution in [3.8, 4) is 11.5 Å². The van der Waals surface area contributed by atoms with Crippen molar-refractivity contribution in [2.45, 2.75) is 13.3 Å². The van der Waals surface area contributed by atoms with Crippen LogP contribution in [0.2, 0.25) is 0 Å². The highest BCUT2D eigenvalue weighted by Gasteiger charge is 2.12. The first-order chi connectivity index (χ1) is 9.26. The number of phenolic OH excluding ortho intramolecular Hbond substituents is 1. The summed E-state index contributed by atoms with van der Waals surface area (Å²) in [6, 6.07) is 13.8. The van der Waals surface area contributed by atoms with Gasteiger partial charge in [0.25, 0.3) is 0 Å². The van der Waals surface area contributed by atoms with Crippen molar-refractivity contribution in [2.24, 2.45) is 0 Å². The molecule has 0 aliphatic rings. The SMILES string of the molecule is CC=Cc1ccc(O)c(OC)c1Cc1ccccc1. The normalized spacial score (nSPS) is 10.8. The zero-order valence-corrected chi connectivity index (χ0v) is 11.3. The van der Waals surface area contributed by atoms with Gasteiger partial charge in [0.15, 0.2) is 11.5 Å².